The lowest BCUT2D eigenvalue weighted by molar-refractivity contribution is -0.112. The molecule has 4 atom stereocenters. The molecular formula is C9H12O. The second-order valence-corrected chi connectivity index (χ2v) is 3.52. The van der Waals surface area contributed by atoms with Crippen molar-refractivity contribution in [3.8, 4) is 0 Å². The lowest BCUT2D eigenvalue weighted by Crippen LogP contribution is -2.17. The number of rotatable bonds is 1. The molecule has 1 nitrogen and oxygen atoms in total. The van der Waals surface area contributed by atoms with Crippen LogP contribution in [0.2, 0.25) is 0 Å². The zero-order valence-corrected chi connectivity index (χ0v) is 6.16. The minimum Gasteiger partial charge on any atom is -0.303 e. The van der Waals surface area contributed by atoms with Gasteiger partial charge in [-0.05, 0) is 24.2 Å². The van der Waals surface area contributed by atoms with Gasteiger partial charge in [-0.25, -0.2) is 0 Å². The molecule has 0 saturated heterocycles. The molecule has 1 heteroatoms. The molecule has 1 fully saturated rings. The maximum Gasteiger partial charge on any atom is 0.123 e. The molecule has 2 aliphatic carbocycles. The molecule has 0 radical (unpaired) electrons. The summed E-state index contributed by atoms with van der Waals surface area (Å²) in [5.74, 6) is 2.22. The Kier molecular flexibility index (Phi) is 1.19. The van der Waals surface area contributed by atoms with Gasteiger partial charge in [0.2, 0.25) is 0 Å². The van der Waals surface area contributed by atoms with Gasteiger partial charge in [-0.3, -0.25) is 0 Å². The third-order valence-corrected chi connectivity index (χ3v) is 3.08. The Balaban J connectivity index is 2.25. The molecule has 0 aromatic carbocycles. The van der Waals surface area contributed by atoms with Crippen LogP contribution in [-0.4, -0.2) is 6.29 Å². The van der Waals surface area contributed by atoms with E-state index in [1.165, 1.54) is 6.42 Å². The number of carbonyl (C=O) groups is 1. The number of carbonyl (C=O) groups excluding carboxylic acids is 1. The van der Waals surface area contributed by atoms with E-state index in [4.69, 9.17) is 0 Å². The zero-order chi connectivity index (χ0) is 7.14. The fourth-order valence-electron chi connectivity index (χ4n) is 2.33. The molecule has 0 N–H and O–H groups in total. The maximum absolute atomic E-state index is 10.6. The summed E-state index contributed by atoms with van der Waals surface area (Å²) in [6.45, 7) is 2.19. The predicted molar refractivity (Wildman–Crippen MR) is 39.5 cm³/mol. The van der Waals surface area contributed by atoms with Crippen LogP contribution in [0, 0.1) is 23.7 Å². The van der Waals surface area contributed by atoms with Crippen LogP contribution in [0.5, 0.6) is 0 Å². The maximum atomic E-state index is 10.6. The van der Waals surface area contributed by atoms with Gasteiger partial charge in [0, 0.05) is 5.92 Å². The van der Waals surface area contributed by atoms with Crippen molar-refractivity contribution in [1.82, 2.24) is 0 Å². The van der Waals surface area contributed by atoms with E-state index in [2.05, 4.69) is 19.1 Å². The van der Waals surface area contributed by atoms with Gasteiger partial charge in [-0.1, -0.05) is 19.1 Å². The summed E-state index contributed by atoms with van der Waals surface area (Å²) in [7, 11) is 0. The zero-order valence-electron chi connectivity index (χ0n) is 6.16. The number of allylic oxidation sites excluding steroid dienone is 2. The van der Waals surface area contributed by atoms with Crippen LogP contribution in [0.3, 0.4) is 0 Å². The minimum atomic E-state index is 0.329. The third kappa shape index (κ3) is 0.606. The van der Waals surface area contributed by atoms with Crippen LogP contribution in [-0.2, 0) is 4.79 Å². The van der Waals surface area contributed by atoms with Crippen LogP contribution >= 0.6 is 0 Å². The standard InChI is InChI=1S/C9H12O/c1-6-7-2-3-8(4-7)9(6)5-10/h2-3,5-9H,4H2,1H3/t6-,7-,8+,9+/m1/s1. The van der Waals surface area contributed by atoms with Crippen LogP contribution in [0.15, 0.2) is 12.2 Å². The van der Waals surface area contributed by atoms with E-state index < -0.39 is 0 Å². The molecule has 0 heterocycles. The molecule has 0 amide bonds. The van der Waals surface area contributed by atoms with Crippen molar-refractivity contribution >= 4 is 6.29 Å². The van der Waals surface area contributed by atoms with Crippen molar-refractivity contribution in [3.05, 3.63) is 12.2 Å². The quantitative estimate of drug-likeness (QED) is 0.395. The molecule has 54 valence electrons. The number of hydrogen-bond acceptors (Lipinski definition) is 1. The fourth-order valence-corrected chi connectivity index (χ4v) is 2.33. The monoisotopic (exact) mass is 136 g/mol. The van der Waals surface area contributed by atoms with E-state index in [9.17, 15) is 4.79 Å². The molecular weight excluding hydrogens is 124 g/mol. The van der Waals surface area contributed by atoms with Crippen LogP contribution in [0.4, 0.5) is 0 Å². The number of fused-ring (bicyclic) bond motifs is 2. The normalized spacial score (nSPS) is 50.1. The second-order valence-electron chi connectivity index (χ2n) is 3.52. The Morgan fingerprint density at radius 3 is 2.50 bits per heavy atom. The molecule has 2 rings (SSSR count). The van der Waals surface area contributed by atoms with Gasteiger partial charge in [0.25, 0.3) is 0 Å². The summed E-state index contributed by atoms with van der Waals surface area (Å²) in [5.41, 5.74) is 0. The third-order valence-electron chi connectivity index (χ3n) is 3.08. The van der Waals surface area contributed by atoms with E-state index in [1.807, 2.05) is 0 Å². The van der Waals surface area contributed by atoms with Crippen molar-refractivity contribution in [2.45, 2.75) is 13.3 Å². The molecule has 2 aliphatic rings. The number of aldehydes is 1. The number of hydrogen-bond donors (Lipinski definition) is 0. The lowest BCUT2D eigenvalue weighted by Gasteiger charge is -2.18. The first-order chi connectivity index (χ1) is 4.83. The fraction of sp³-hybridized carbons (Fsp3) is 0.667. The first-order valence-corrected chi connectivity index (χ1v) is 3.96. The van der Waals surface area contributed by atoms with Crippen molar-refractivity contribution < 1.29 is 4.79 Å². The van der Waals surface area contributed by atoms with Crippen molar-refractivity contribution in [2.75, 3.05) is 0 Å². The van der Waals surface area contributed by atoms with Gasteiger partial charge in [0.05, 0.1) is 0 Å². The van der Waals surface area contributed by atoms with Crippen LogP contribution < -0.4 is 0 Å². The summed E-state index contributed by atoms with van der Waals surface area (Å²) in [4.78, 5) is 10.6. The average Bonchev–Trinajstić information content (AvgIpc) is 2.46. The second kappa shape index (κ2) is 1.94. The molecule has 2 bridgehead atoms. The minimum absolute atomic E-state index is 0.329. The van der Waals surface area contributed by atoms with Gasteiger partial charge in [-0.2, -0.15) is 0 Å². The average molecular weight is 136 g/mol. The first kappa shape index (κ1) is 6.14. The van der Waals surface area contributed by atoms with Gasteiger partial charge in [0.15, 0.2) is 0 Å². The molecule has 0 aromatic rings. The Labute approximate surface area is 61.1 Å². The predicted octanol–water partition coefficient (Wildman–Crippen LogP) is 1.64. The SMILES string of the molecule is C[C@H]1[C@H](C=O)[C@H]2C=C[C@@H]1C2. The van der Waals surface area contributed by atoms with E-state index in [0.29, 0.717) is 23.7 Å². The summed E-state index contributed by atoms with van der Waals surface area (Å²) in [5, 5.41) is 0. The van der Waals surface area contributed by atoms with Crippen LogP contribution in [0.25, 0.3) is 0 Å². The Bertz CT molecular complexity index is 183. The molecule has 10 heavy (non-hydrogen) atoms. The van der Waals surface area contributed by atoms with Crippen molar-refractivity contribution in [1.29, 1.82) is 0 Å². The highest BCUT2D eigenvalue weighted by atomic mass is 16.1. The van der Waals surface area contributed by atoms with Gasteiger partial charge in [0.1, 0.15) is 6.29 Å². The highest BCUT2D eigenvalue weighted by molar-refractivity contribution is 5.57. The molecule has 0 unspecified atom stereocenters. The van der Waals surface area contributed by atoms with Gasteiger partial charge < -0.3 is 4.79 Å². The molecule has 0 aliphatic heterocycles. The Morgan fingerprint density at radius 2 is 2.10 bits per heavy atom. The Hall–Kier alpha value is -0.590. The van der Waals surface area contributed by atoms with E-state index in [-0.39, 0.29) is 0 Å². The first-order valence-electron chi connectivity index (χ1n) is 3.96. The van der Waals surface area contributed by atoms with Crippen molar-refractivity contribution in [2.24, 2.45) is 23.7 Å². The molecule has 1 saturated carbocycles. The summed E-state index contributed by atoms with van der Waals surface area (Å²) in [6.07, 6.45) is 6.85. The highest BCUT2D eigenvalue weighted by Gasteiger charge is 2.41. The van der Waals surface area contributed by atoms with Gasteiger partial charge in [-0.15, -0.1) is 0 Å². The van der Waals surface area contributed by atoms with Crippen molar-refractivity contribution in [3.63, 3.8) is 0 Å². The molecule has 0 aromatic heterocycles. The van der Waals surface area contributed by atoms with E-state index in [1.54, 1.807) is 0 Å². The smallest absolute Gasteiger partial charge is 0.123 e. The molecule has 0 spiro atoms. The summed E-state index contributed by atoms with van der Waals surface area (Å²) < 4.78 is 0. The summed E-state index contributed by atoms with van der Waals surface area (Å²) >= 11 is 0. The lowest BCUT2D eigenvalue weighted by atomic mass is 9.86. The van der Waals surface area contributed by atoms with E-state index >= 15 is 0 Å². The Morgan fingerprint density at radius 1 is 1.40 bits per heavy atom. The highest BCUT2D eigenvalue weighted by Crippen LogP contribution is 2.46. The van der Waals surface area contributed by atoms with Gasteiger partial charge >= 0.3 is 0 Å². The van der Waals surface area contributed by atoms with Crippen LogP contribution in [0.1, 0.15) is 13.3 Å². The van der Waals surface area contributed by atoms with E-state index in [0.717, 1.165) is 6.29 Å². The largest absolute Gasteiger partial charge is 0.303 e. The topological polar surface area (TPSA) is 17.1 Å². The summed E-state index contributed by atoms with van der Waals surface area (Å²) in [6, 6.07) is 0.